The van der Waals surface area contributed by atoms with Crippen molar-refractivity contribution in [2.75, 3.05) is 11.9 Å². The minimum Gasteiger partial charge on any atom is -0.452 e. The highest BCUT2D eigenvalue weighted by molar-refractivity contribution is 9.10. The molecule has 1 heterocycles. The van der Waals surface area contributed by atoms with E-state index in [-0.39, 0.29) is 5.56 Å². The van der Waals surface area contributed by atoms with Crippen LogP contribution in [0.5, 0.6) is 0 Å². The van der Waals surface area contributed by atoms with Crippen molar-refractivity contribution in [3.63, 3.8) is 0 Å². The second-order valence-electron chi connectivity index (χ2n) is 5.68. The van der Waals surface area contributed by atoms with Gasteiger partial charge in [-0.25, -0.2) is 4.79 Å². The fraction of sp³-hybridized carbons (Fsp3) is 0.105. The summed E-state index contributed by atoms with van der Waals surface area (Å²) in [6.07, 6.45) is 0. The first-order valence-corrected chi connectivity index (χ1v) is 8.58. The van der Waals surface area contributed by atoms with Gasteiger partial charge in [-0.05, 0) is 30.7 Å². The van der Waals surface area contributed by atoms with Gasteiger partial charge in [0.1, 0.15) is 0 Å². The molecule has 3 rings (SSSR count). The summed E-state index contributed by atoms with van der Waals surface area (Å²) >= 11 is 3.39. The Bertz CT molecular complexity index is 1060. The van der Waals surface area contributed by atoms with Crippen LogP contribution in [0.2, 0.25) is 0 Å². The number of pyridine rings is 1. The van der Waals surface area contributed by atoms with Gasteiger partial charge in [0, 0.05) is 27.1 Å². The van der Waals surface area contributed by atoms with Crippen LogP contribution in [-0.4, -0.2) is 23.5 Å². The van der Waals surface area contributed by atoms with Gasteiger partial charge in [0.05, 0.1) is 5.56 Å². The summed E-state index contributed by atoms with van der Waals surface area (Å²) in [5, 5.41) is 3.21. The zero-order valence-electron chi connectivity index (χ0n) is 13.8. The molecule has 2 aromatic carbocycles. The molecule has 0 aliphatic carbocycles. The van der Waals surface area contributed by atoms with E-state index in [1.807, 2.05) is 13.0 Å². The molecule has 1 amide bonds. The summed E-state index contributed by atoms with van der Waals surface area (Å²) in [5.74, 6) is -1.20. The van der Waals surface area contributed by atoms with Crippen molar-refractivity contribution < 1.29 is 14.3 Å². The van der Waals surface area contributed by atoms with E-state index in [4.69, 9.17) is 4.74 Å². The minimum absolute atomic E-state index is 0.121. The third kappa shape index (κ3) is 4.00. The van der Waals surface area contributed by atoms with E-state index in [2.05, 4.69) is 26.2 Å². The predicted octanol–water partition coefficient (Wildman–Crippen LogP) is 3.39. The van der Waals surface area contributed by atoms with Crippen molar-refractivity contribution in [2.24, 2.45) is 0 Å². The highest BCUT2D eigenvalue weighted by atomic mass is 79.9. The van der Waals surface area contributed by atoms with Crippen molar-refractivity contribution >= 4 is 44.4 Å². The number of hydrogen-bond donors (Lipinski definition) is 2. The Morgan fingerprint density at radius 1 is 1.15 bits per heavy atom. The maximum Gasteiger partial charge on any atom is 0.339 e. The lowest BCUT2D eigenvalue weighted by atomic mass is 10.1. The van der Waals surface area contributed by atoms with Gasteiger partial charge in [-0.1, -0.05) is 40.2 Å². The third-order valence-electron chi connectivity index (χ3n) is 3.76. The molecule has 2 N–H and O–H groups in total. The van der Waals surface area contributed by atoms with E-state index in [1.165, 1.54) is 6.07 Å². The van der Waals surface area contributed by atoms with Gasteiger partial charge in [0.25, 0.3) is 5.91 Å². The second kappa shape index (κ2) is 7.53. The summed E-state index contributed by atoms with van der Waals surface area (Å²) < 4.78 is 5.93. The molecule has 0 saturated heterocycles. The van der Waals surface area contributed by atoms with E-state index in [0.717, 1.165) is 10.0 Å². The summed E-state index contributed by atoms with van der Waals surface area (Å²) in [4.78, 5) is 38.7. The van der Waals surface area contributed by atoms with E-state index in [1.54, 1.807) is 36.4 Å². The quantitative estimate of drug-likeness (QED) is 0.640. The number of carbonyl (C=O) groups excluding carboxylic acids is 2. The molecule has 0 unspecified atom stereocenters. The number of anilines is 1. The number of benzene rings is 2. The lowest BCUT2D eigenvalue weighted by Crippen LogP contribution is -2.22. The number of aromatic amines is 1. The normalized spacial score (nSPS) is 10.5. The van der Waals surface area contributed by atoms with Crippen LogP contribution in [-0.2, 0) is 9.53 Å². The molecule has 0 aliphatic heterocycles. The number of fused-ring (bicyclic) bond motifs is 1. The molecule has 7 heteroatoms. The van der Waals surface area contributed by atoms with Gasteiger partial charge in [-0.2, -0.15) is 0 Å². The number of esters is 1. The Morgan fingerprint density at radius 2 is 1.92 bits per heavy atom. The van der Waals surface area contributed by atoms with Crippen LogP contribution in [0, 0.1) is 6.92 Å². The van der Waals surface area contributed by atoms with Gasteiger partial charge in [-0.15, -0.1) is 0 Å². The van der Waals surface area contributed by atoms with Crippen LogP contribution in [0.3, 0.4) is 0 Å². The number of hydrogen-bond acceptors (Lipinski definition) is 4. The van der Waals surface area contributed by atoms with Crippen LogP contribution in [0.15, 0.2) is 57.8 Å². The number of aromatic nitrogens is 1. The molecule has 6 nitrogen and oxygen atoms in total. The molecule has 0 saturated carbocycles. The summed E-state index contributed by atoms with van der Waals surface area (Å²) in [6, 6.07) is 13.4. The number of ether oxygens (including phenoxy) is 1. The Hall–Kier alpha value is -2.93. The number of H-pyrrole nitrogens is 1. The predicted molar refractivity (Wildman–Crippen MR) is 102 cm³/mol. The van der Waals surface area contributed by atoms with E-state index in [0.29, 0.717) is 16.6 Å². The largest absolute Gasteiger partial charge is 0.452 e. The molecule has 0 fully saturated rings. The summed E-state index contributed by atoms with van der Waals surface area (Å²) in [7, 11) is 0. The molecule has 1 aromatic heterocycles. The number of para-hydroxylation sites is 1. The lowest BCUT2D eigenvalue weighted by Gasteiger charge is -2.09. The Balaban J connectivity index is 1.70. The Labute approximate surface area is 157 Å². The molecule has 132 valence electrons. The summed E-state index contributed by atoms with van der Waals surface area (Å²) in [6.45, 7) is 1.48. The molecular weight excluding hydrogens is 400 g/mol. The number of amides is 1. The first-order chi connectivity index (χ1) is 12.4. The minimum atomic E-state index is -0.729. The Kier molecular flexibility index (Phi) is 5.18. The van der Waals surface area contributed by atoms with Gasteiger partial charge in [0.2, 0.25) is 5.56 Å². The number of rotatable bonds is 4. The van der Waals surface area contributed by atoms with Gasteiger partial charge in [-0.3, -0.25) is 9.59 Å². The van der Waals surface area contributed by atoms with Crippen molar-refractivity contribution in [1.29, 1.82) is 0 Å². The second-order valence-corrected chi connectivity index (χ2v) is 6.54. The average molecular weight is 415 g/mol. The van der Waals surface area contributed by atoms with E-state index >= 15 is 0 Å². The highest BCUT2D eigenvalue weighted by Gasteiger charge is 2.15. The first-order valence-electron chi connectivity index (χ1n) is 7.79. The molecule has 0 radical (unpaired) electrons. The SMILES string of the molecule is Cc1ccc(NC(=O)COC(=O)c2cc(=O)[nH]c3ccccc23)cc1Br. The molecule has 26 heavy (non-hydrogen) atoms. The fourth-order valence-corrected chi connectivity index (χ4v) is 2.83. The molecular formula is C19H15BrN2O4. The van der Waals surface area contributed by atoms with Gasteiger partial charge >= 0.3 is 5.97 Å². The maximum atomic E-state index is 12.3. The van der Waals surface area contributed by atoms with Crippen molar-refractivity contribution in [1.82, 2.24) is 4.98 Å². The van der Waals surface area contributed by atoms with Crippen LogP contribution in [0.1, 0.15) is 15.9 Å². The smallest absolute Gasteiger partial charge is 0.339 e. The van der Waals surface area contributed by atoms with E-state index in [9.17, 15) is 14.4 Å². The van der Waals surface area contributed by atoms with Gasteiger partial charge in [0.15, 0.2) is 6.61 Å². The molecule has 3 aromatic rings. The third-order valence-corrected chi connectivity index (χ3v) is 4.61. The van der Waals surface area contributed by atoms with Crippen molar-refractivity contribution in [3.8, 4) is 0 Å². The Morgan fingerprint density at radius 3 is 2.69 bits per heavy atom. The van der Waals surface area contributed by atoms with Crippen LogP contribution in [0.4, 0.5) is 5.69 Å². The van der Waals surface area contributed by atoms with Crippen LogP contribution < -0.4 is 10.9 Å². The highest BCUT2D eigenvalue weighted by Crippen LogP contribution is 2.20. The van der Waals surface area contributed by atoms with Crippen LogP contribution >= 0.6 is 15.9 Å². The molecule has 0 aliphatic rings. The number of halogens is 1. The zero-order valence-corrected chi connectivity index (χ0v) is 15.4. The topological polar surface area (TPSA) is 88.3 Å². The summed E-state index contributed by atoms with van der Waals surface area (Å²) in [5.41, 5.74) is 1.86. The average Bonchev–Trinajstić information content (AvgIpc) is 2.62. The van der Waals surface area contributed by atoms with Crippen molar-refractivity contribution in [3.05, 3.63) is 74.5 Å². The number of aryl methyl sites for hydroxylation is 1. The lowest BCUT2D eigenvalue weighted by molar-refractivity contribution is -0.119. The first kappa shape index (κ1) is 17.9. The van der Waals surface area contributed by atoms with Crippen molar-refractivity contribution in [2.45, 2.75) is 6.92 Å². The number of carbonyl (C=O) groups is 2. The van der Waals surface area contributed by atoms with Crippen LogP contribution in [0.25, 0.3) is 10.9 Å². The van der Waals surface area contributed by atoms with E-state index < -0.39 is 24.0 Å². The number of nitrogens with one attached hydrogen (secondary N) is 2. The van der Waals surface area contributed by atoms with Gasteiger partial charge < -0.3 is 15.0 Å². The molecule has 0 bridgehead atoms. The monoisotopic (exact) mass is 414 g/mol. The molecule has 0 spiro atoms. The maximum absolute atomic E-state index is 12.3. The zero-order chi connectivity index (χ0) is 18.7. The fourth-order valence-electron chi connectivity index (χ4n) is 2.45. The molecule has 0 atom stereocenters. The standard InChI is InChI=1S/C19H15BrN2O4/c1-11-6-7-12(8-15(11)20)21-18(24)10-26-19(25)14-9-17(23)22-16-5-3-2-4-13(14)16/h2-9H,10H2,1H3,(H,21,24)(H,22,23).